The van der Waals surface area contributed by atoms with E-state index in [1.807, 2.05) is 0 Å². The third kappa shape index (κ3) is 6.42. The zero-order valence-electron chi connectivity index (χ0n) is 11.9. The van der Waals surface area contributed by atoms with E-state index in [-0.39, 0.29) is 32.0 Å². The van der Waals surface area contributed by atoms with E-state index in [0.717, 1.165) is 12.1 Å². The summed E-state index contributed by atoms with van der Waals surface area (Å²) in [6, 6.07) is 4.16. The number of nitrogens with zero attached hydrogens (tertiary/aromatic N) is 1. The summed E-state index contributed by atoms with van der Waals surface area (Å²) < 4.78 is 37.3. The first-order valence-corrected chi connectivity index (χ1v) is 6.78. The molecule has 1 amide bonds. The molecule has 0 atom stereocenters. The highest BCUT2D eigenvalue weighted by atomic mass is 19.4. The lowest BCUT2D eigenvalue weighted by molar-refractivity contribution is -0.137. The lowest BCUT2D eigenvalue weighted by Gasteiger charge is -2.20. The van der Waals surface area contributed by atoms with Gasteiger partial charge < -0.3 is 15.5 Å². The van der Waals surface area contributed by atoms with Gasteiger partial charge in [0, 0.05) is 25.4 Å². The second-order valence-electron chi connectivity index (χ2n) is 4.70. The van der Waals surface area contributed by atoms with Gasteiger partial charge in [-0.1, -0.05) is 0 Å². The van der Waals surface area contributed by atoms with Crippen LogP contribution in [-0.4, -0.2) is 53.9 Å². The number of hydrogen-bond donors (Lipinski definition) is 3. The summed E-state index contributed by atoms with van der Waals surface area (Å²) in [7, 11) is 0. The minimum Gasteiger partial charge on any atom is -0.396 e. The Labute approximate surface area is 126 Å². The smallest absolute Gasteiger partial charge is 0.396 e. The summed E-state index contributed by atoms with van der Waals surface area (Å²) in [5, 5.41) is 20.2. The predicted octanol–water partition coefficient (Wildman–Crippen LogP) is 1.32. The molecule has 0 saturated heterocycles. The zero-order valence-corrected chi connectivity index (χ0v) is 11.9. The summed E-state index contributed by atoms with van der Waals surface area (Å²) in [5.74, 6) is -0.397. The number of amides is 1. The molecule has 5 nitrogen and oxygen atoms in total. The number of alkyl halides is 3. The van der Waals surface area contributed by atoms with E-state index in [0.29, 0.717) is 13.0 Å². The van der Waals surface area contributed by atoms with E-state index in [4.69, 9.17) is 10.2 Å². The molecule has 0 aromatic heterocycles. The Bertz CT molecular complexity index is 463. The van der Waals surface area contributed by atoms with Crippen molar-refractivity contribution in [2.24, 2.45) is 0 Å². The molecule has 3 N–H and O–H groups in total. The predicted molar refractivity (Wildman–Crippen MR) is 75.3 cm³/mol. The van der Waals surface area contributed by atoms with E-state index in [1.54, 1.807) is 4.90 Å². The Balaban J connectivity index is 2.56. The Kier molecular flexibility index (Phi) is 7.30. The molecule has 0 aliphatic carbocycles. The maximum absolute atomic E-state index is 12.4. The normalized spacial score (nSPS) is 11.7. The topological polar surface area (TPSA) is 72.8 Å². The van der Waals surface area contributed by atoms with Crippen LogP contribution in [0.3, 0.4) is 0 Å². The molecule has 0 aliphatic rings. The molecule has 22 heavy (non-hydrogen) atoms. The van der Waals surface area contributed by atoms with Crippen molar-refractivity contribution in [1.82, 2.24) is 4.90 Å². The molecule has 1 aromatic rings. The fourth-order valence-corrected chi connectivity index (χ4v) is 1.85. The molecule has 0 aliphatic heterocycles. The molecular formula is C14H19F3N2O3. The number of rotatable bonds is 8. The Hall–Kier alpha value is -1.64. The molecule has 0 radical (unpaired) electrons. The van der Waals surface area contributed by atoms with Crippen LogP contribution in [0.5, 0.6) is 0 Å². The van der Waals surface area contributed by atoms with E-state index >= 15 is 0 Å². The standard InChI is InChI=1S/C14H19F3N2O3/c15-14(16,17)11-2-4-12(5-3-11)18-13(22)10-19(7-9-21)6-1-8-20/h2-5,20-21H,1,6-10H2,(H,18,22). The van der Waals surface area contributed by atoms with E-state index in [1.165, 1.54) is 12.1 Å². The van der Waals surface area contributed by atoms with Crippen LogP contribution in [0.1, 0.15) is 12.0 Å². The Morgan fingerprint density at radius 2 is 1.73 bits per heavy atom. The maximum atomic E-state index is 12.4. The van der Waals surface area contributed by atoms with Crippen LogP contribution in [0.4, 0.5) is 18.9 Å². The fourth-order valence-electron chi connectivity index (χ4n) is 1.85. The SMILES string of the molecule is O=C(CN(CCO)CCCO)Nc1ccc(C(F)(F)F)cc1. The van der Waals surface area contributed by atoms with Crippen molar-refractivity contribution in [3.63, 3.8) is 0 Å². The molecule has 0 unspecified atom stereocenters. The van der Waals surface area contributed by atoms with Crippen molar-refractivity contribution in [2.45, 2.75) is 12.6 Å². The van der Waals surface area contributed by atoms with Gasteiger partial charge in [-0.2, -0.15) is 13.2 Å². The molecule has 1 aromatic carbocycles. The molecule has 1 rings (SSSR count). The number of aliphatic hydroxyl groups is 2. The van der Waals surface area contributed by atoms with Crippen LogP contribution in [0, 0.1) is 0 Å². The molecule has 0 bridgehead atoms. The highest BCUT2D eigenvalue weighted by Crippen LogP contribution is 2.29. The van der Waals surface area contributed by atoms with Gasteiger partial charge in [-0.15, -0.1) is 0 Å². The molecule has 0 saturated carbocycles. The third-order valence-corrected chi connectivity index (χ3v) is 2.91. The molecule has 124 valence electrons. The first-order chi connectivity index (χ1) is 10.4. The number of nitrogens with one attached hydrogen (secondary N) is 1. The quantitative estimate of drug-likeness (QED) is 0.675. The third-order valence-electron chi connectivity index (χ3n) is 2.91. The minimum absolute atomic E-state index is 0.0123. The van der Waals surface area contributed by atoms with Gasteiger partial charge in [-0.3, -0.25) is 9.69 Å². The van der Waals surface area contributed by atoms with E-state index in [9.17, 15) is 18.0 Å². The van der Waals surface area contributed by atoms with Gasteiger partial charge in [0.2, 0.25) is 5.91 Å². The summed E-state index contributed by atoms with van der Waals surface area (Å²) in [5.41, 5.74) is -0.514. The van der Waals surface area contributed by atoms with E-state index in [2.05, 4.69) is 5.32 Å². The van der Waals surface area contributed by atoms with Crippen LogP contribution >= 0.6 is 0 Å². The number of anilines is 1. The highest BCUT2D eigenvalue weighted by molar-refractivity contribution is 5.92. The summed E-state index contributed by atoms with van der Waals surface area (Å²) in [4.78, 5) is 13.5. The van der Waals surface area contributed by atoms with Crippen molar-refractivity contribution < 1.29 is 28.2 Å². The number of halogens is 3. The number of carbonyl (C=O) groups excluding carboxylic acids is 1. The van der Waals surface area contributed by atoms with Gasteiger partial charge >= 0.3 is 6.18 Å². The van der Waals surface area contributed by atoms with Gasteiger partial charge in [0.25, 0.3) is 0 Å². The number of benzene rings is 1. The fraction of sp³-hybridized carbons (Fsp3) is 0.500. The second kappa shape index (κ2) is 8.72. The van der Waals surface area contributed by atoms with Gasteiger partial charge in [0.05, 0.1) is 18.7 Å². The lowest BCUT2D eigenvalue weighted by Crippen LogP contribution is -2.36. The van der Waals surface area contributed by atoms with Gasteiger partial charge in [-0.05, 0) is 30.7 Å². The first kappa shape index (κ1) is 18.4. The van der Waals surface area contributed by atoms with Crippen LogP contribution in [0.25, 0.3) is 0 Å². The van der Waals surface area contributed by atoms with Gasteiger partial charge in [0.15, 0.2) is 0 Å². The number of carbonyl (C=O) groups is 1. The highest BCUT2D eigenvalue weighted by Gasteiger charge is 2.29. The molecular weight excluding hydrogens is 301 g/mol. The summed E-state index contributed by atoms with van der Waals surface area (Å²) in [6.45, 7) is 0.556. The van der Waals surface area contributed by atoms with Crippen molar-refractivity contribution in [3.8, 4) is 0 Å². The van der Waals surface area contributed by atoms with Crippen LogP contribution in [0.2, 0.25) is 0 Å². The minimum atomic E-state index is -4.41. The second-order valence-corrected chi connectivity index (χ2v) is 4.70. The average molecular weight is 320 g/mol. The first-order valence-electron chi connectivity index (χ1n) is 6.78. The largest absolute Gasteiger partial charge is 0.416 e. The van der Waals surface area contributed by atoms with Crippen LogP contribution in [-0.2, 0) is 11.0 Å². The Morgan fingerprint density at radius 3 is 2.23 bits per heavy atom. The summed E-state index contributed by atoms with van der Waals surface area (Å²) >= 11 is 0. The van der Waals surface area contributed by atoms with Crippen molar-refractivity contribution in [1.29, 1.82) is 0 Å². The van der Waals surface area contributed by atoms with Gasteiger partial charge in [0.1, 0.15) is 0 Å². The number of aliphatic hydroxyl groups excluding tert-OH is 2. The summed E-state index contributed by atoms with van der Waals surface area (Å²) in [6.07, 6.45) is -3.95. The van der Waals surface area contributed by atoms with Gasteiger partial charge in [-0.25, -0.2) is 0 Å². The molecule has 0 spiro atoms. The van der Waals surface area contributed by atoms with Crippen molar-refractivity contribution in [2.75, 3.05) is 38.2 Å². The zero-order chi connectivity index (χ0) is 16.6. The molecule has 8 heteroatoms. The van der Waals surface area contributed by atoms with Crippen molar-refractivity contribution >= 4 is 11.6 Å². The average Bonchev–Trinajstić information content (AvgIpc) is 2.44. The molecule has 0 heterocycles. The monoisotopic (exact) mass is 320 g/mol. The van der Waals surface area contributed by atoms with E-state index < -0.39 is 17.6 Å². The van der Waals surface area contributed by atoms with Crippen molar-refractivity contribution in [3.05, 3.63) is 29.8 Å². The molecule has 0 fully saturated rings. The Morgan fingerprint density at radius 1 is 1.09 bits per heavy atom. The maximum Gasteiger partial charge on any atom is 0.416 e. The number of hydrogen-bond acceptors (Lipinski definition) is 4. The van der Waals surface area contributed by atoms with Crippen LogP contribution in [0.15, 0.2) is 24.3 Å². The van der Waals surface area contributed by atoms with Crippen LogP contribution < -0.4 is 5.32 Å². The lowest BCUT2D eigenvalue weighted by atomic mass is 10.2.